The summed E-state index contributed by atoms with van der Waals surface area (Å²) in [7, 11) is -0.828. The zero-order valence-electron chi connectivity index (χ0n) is 45.5. The van der Waals surface area contributed by atoms with E-state index in [1.807, 2.05) is 39.5 Å². The minimum absolute atomic E-state index is 0.222. The van der Waals surface area contributed by atoms with E-state index in [2.05, 4.69) is 19.6 Å². The molecule has 2 fully saturated rings. The van der Waals surface area contributed by atoms with Gasteiger partial charge in [0.1, 0.15) is 22.7 Å². The van der Waals surface area contributed by atoms with Gasteiger partial charge in [0.25, 0.3) is 0 Å². The SMILES string of the molecule is COC(=O)c1ccc(-c2nc(CS(=O)(=O)C3CCN(C(=O)OC(C)(C)C)CC3)c(C)o2)cc1.COC(=O)c1ccc(-c2nc(CSC3CCN(C(=O)OC(C)(C)C)CC3)c(C)o2)cc1.ClC(Cl)Cl.O=C(OO)c1cccc(Cl)c1. The molecule has 4 heterocycles. The topological polar surface area (TPSA) is 244 Å². The Balaban J connectivity index is 0.000000271. The number of esters is 2. The number of sulfone groups is 1. The highest BCUT2D eigenvalue weighted by molar-refractivity contribution is 7.99. The van der Waals surface area contributed by atoms with Gasteiger partial charge in [0.15, 0.2) is 14.1 Å². The number of ether oxygens (including phenoxy) is 4. The van der Waals surface area contributed by atoms with E-state index in [1.165, 1.54) is 26.4 Å². The Morgan fingerprint density at radius 3 is 1.49 bits per heavy atom. The maximum atomic E-state index is 13.0. The molecule has 3 aromatic carbocycles. The summed E-state index contributed by atoms with van der Waals surface area (Å²) < 4.78 is 57.1. The third-order valence-corrected chi connectivity index (χ3v) is 15.3. The fourth-order valence-corrected chi connectivity index (χ4v) is 10.7. The van der Waals surface area contributed by atoms with Gasteiger partial charge in [-0.25, -0.2) is 42.4 Å². The average molecular weight is 1220 g/mol. The third-order valence-electron chi connectivity index (χ3n) is 11.5. The first-order chi connectivity index (χ1) is 37.0. The lowest BCUT2D eigenvalue weighted by molar-refractivity contribution is -0.182. The molecule has 5 aromatic rings. The standard InChI is InChI=1S/C23H30N2O7S.C23H30N2O5S.C7H5ClO3.CHCl3/c1-15-19(24-20(31-15)16-6-8-17(9-7-16)21(26)30-5)14-33(28,29)18-10-12-25(13-11-18)22(27)32-23(2,3)4;1-15-19(24-20(29-15)16-6-8-17(9-7-16)21(26)28-5)14-31-18-10-12-25(13-11-18)22(27)30-23(2,3)4;8-6-3-1-2-5(4-6)7(9)11-10;2-1(3)4/h6-9,18H,10-14H2,1-5H3;6-9,18H,10-14H2,1-5H3;1-4,10H;1H. The number of benzene rings is 3. The van der Waals surface area contributed by atoms with Gasteiger partial charge in [0.2, 0.25) is 11.8 Å². The van der Waals surface area contributed by atoms with E-state index in [0.29, 0.717) is 83.3 Å². The molecule has 0 radical (unpaired) electrons. The van der Waals surface area contributed by atoms with Crippen molar-refractivity contribution < 1.29 is 70.3 Å². The molecule has 432 valence electrons. The maximum absolute atomic E-state index is 13.0. The van der Waals surface area contributed by atoms with Crippen molar-refractivity contribution in [2.24, 2.45) is 0 Å². The zero-order chi connectivity index (χ0) is 58.8. The second-order valence-electron chi connectivity index (χ2n) is 19.8. The van der Waals surface area contributed by atoms with E-state index in [9.17, 15) is 32.4 Å². The first kappa shape index (κ1) is 66.0. The van der Waals surface area contributed by atoms with Crippen LogP contribution in [0.4, 0.5) is 9.59 Å². The predicted octanol–water partition coefficient (Wildman–Crippen LogP) is 12.8. The molecule has 2 aliphatic rings. The van der Waals surface area contributed by atoms with Crippen LogP contribution in [-0.4, -0.2) is 130 Å². The molecule has 7 rings (SSSR count). The van der Waals surface area contributed by atoms with E-state index < -0.39 is 48.6 Å². The van der Waals surface area contributed by atoms with Crippen LogP contribution in [-0.2, 0) is 45.2 Å². The highest BCUT2D eigenvalue weighted by atomic mass is 35.6. The van der Waals surface area contributed by atoms with Gasteiger partial charge in [-0.15, -0.1) is 0 Å². The molecule has 0 saturated carbocycles. The van der Waals surface area contributed by atoms with Crippen LogP contribution in [0.3, 0.4) is 0 Å². The Morgan fingerprint density at radius 2 is 1.09 bits per heavy atom. The van der Waals surface area contributed by atoms with Crippen molar-refractivity contribution >= 4 is 98.1 Å². The number of oxazole rings is 2. The number of carbonyl (C=O) groups excluding carboxylic acids is 5. The molecule has 25 heteroatoms. The number of hydrogen-bond donors (Lipinski definition) is 1. The Bertz CT molecular complexity index is 2920. The second kappa shape index (κ2) is 30.3. The summed E-state index contributed by atoms with van der Waals surface area (Å²) in [5, 5.41) is 8.32. The molecule has 19 nitrogen and oxygen atoms in total. The van der Waals surface area contributed by atoms with Crippen molar-refractivity contribution in [1.82, 2.24) is 19.8 Å². The van der Waals surface area contributed by atoms with E-state index in [-0.39, 0.29) is 29.3 Å². The first-order valence-electron chi connectivity index (χ1n) is 24.7. The fraction of sp³-hybridized carbons (Fsp3) is 0.463. The molecule has 0 atom stereocenters. The minimum Gasteiger partial charge on any atom is -0.465 e. The lowest BCUT2D eigenvalue weighted by Gasteiger charge is -2.33. The molecular weight excluding hydrogens is 1150 g/mol. The molecule has 2 amide bonds. The van der Waals surface area contributed by atoms with Gasteiger partial charge in [0, 0.05) is 53.3 Å². The van der Waals surface area contributed by atoms with Crippen molar-refractivity contribution in [3.05, 3.63) is 117 Å². The molecule has 2 aromatic heterocycles. The first-order valence-corrected chi connectivity index (χ1v) is 29.1. The van der Waals surface area contributed by atoms with Crippen molar-refractivity contribution in [3.8, 4) is 22.9 Å². The number of likely N-dealkylation sites (tertiary alicyclic amines) is 2. The van der Waals surface area contributed by atoms with Crippen LogP contribution in [0.2, 0.25) is 5.02 Å². The molecule has 2 aliphatic heterocycles. The Kier molecular flexibility index (Phi) is 25.3. The number of alkyl halides is 3. The number of hydrogen-bond acceptors (Lipinski definition) is 18. The zero-order valence-corrected chi connectivity index (χ0v) is 50.2. The number of aryl methyl sites for hydroxylation is 2. The number of amides is 2. The van der Waals surface area contributed by atoms with Crippen molar-refractivity contribution in [3.63, 3.8) is 0 Å². The quantitative estimate of drug-likeness (QED) is 0.0425. The number of aromatic nitrogens is 2. The summed E-state index contributed by atoms with van der Waals surface area (Å²) >= 11 is 21.8. The fourth-order valence-electron chi connectivity index (χ4n) is 7.53. The van der Waals surface area contributed by atoms with Gasteiger partial charge in [-0.05, 0) is 148 Å². The molecule has 0 spiro atoms. The Morgan fingerprint density at radius 1 is 0.671 bits per heavy atom. The number of rotatable bonds is 11. The highest BCUT2D eigenvalue weighted by Gasteiger charge is 2.35. The van der Waals surface area contributed by atoms with Crippen LogP contribution in [0.15, 0.2) is 81.6 Å². The third kappa shape index (κ3) is 21.8. The monoisotopic (exact) mass is 1210 g/mol. The van der Waals surface area contributed by atoms with Crippen LogP contribution in [0.1, 0.15) is 121 Å². The number of nitrogens with zero attached hydrogens (tertiary/aromatic N) is 4. The summed E-state index contributed by atoms with van der Waals surface area (Å²) in [5.41, 5.74) is 2.76. The number of methoxy groups -OCH3 is 2. The minimum atomic E-state index is -3.50. The van der Waals surface area contributed by atoms with Crippen LogP contribution in [0, 0.1) is 13.8 Å². The van der Waals surface area contributed by atoms with Gasteiger partial charge in [0.05, 0.1) is 53.3 Å². The molecule has 0 unspecified atom stereocenters. The van der Waals surface area contributed by atoms with Crippen LogP contribution in [0.25, 0.3) is 22.9 Å². The molecular formula is C54H66Cl4N4O15S2. The van der Waals surface area contributed by atoms with E-state index >= 15 is 0 Å². The van der Waals surface area contributed by atoms with E-state index in [1.54, 1.807) is 98.2 Å². The molecule has 0 bridgehead atoms. The largest absolute Gasteiger partial charge is 0.465 e. The molecule has 79 heavy (non-hydrogen) atoms. The normalized spacial score (nSPS) is 14.1. The van der Waals surface area contributed by atoms with Crippen molar-refractivity contribution in [1.29, 1.82) is 0 Å². The summed E-state index contributed by atoms with van der Waals surface area (Å²) in [6.45, 7) is 16.7. The van der Waals surface area contributed by atoms with Gasteiger partial charge in [-0.1, -0.05) is 52.5 Å². The summed E-state index contributed by atoms with van der Waals surface area (Å²) in [6.07, 6.45) is 1.91. The summed E-state index contributed by atoms with van der Waals surface area (Å²) in [5.74, 6) is 0.944. The highest BCUT2D eigenvalue weighted by Crippen LogP contribution is 2.31. The summed E-state index contributed by atoms with van der Waals surface area (Å²) in [6, 6.07) is 19.6. The smallest absolute Gasteiger partial charge is 0.410 e. The number of carbonyl (C=O) groups is 5. The lowest BCUT2D eigenvalue weighted by atomic mass is 10.1. The number of piperidine rings is 2. The number of thioether (sulfide) groups is 1. The van der Waals surface area contributed by atoms with E-state index in [0.717, 1.165) is 35.6 Å². The molecule has 1 N–H and O–H groups in total. The van der Waals surface area contributed by atoms with Gasteiger partial charge >= 0.3 is 30.1 Å². The average Bonchev–Trinajstić information content (AvgIpc) is 4.00. The number of halogens is 4. The van der Waals surface area contributed by atoms with Gasteiger partial charge in [-0.3, -0.25) is 4.89 Å². The second-order valence-corrected chi connectivity index (χ2v) is 25.8. The predicted molar refractivity (Wildman–Crippen MR) is 302 cm³/mol. The van der Waals surface area contributed by atoms with Crippen LogP contribution >= 0.6 is 58.2 Å². The molecule has 2 saturated heterocycles. The lowest BCUT2D eigenvalue weighted by Crippen LogP contribution is -2.44. The van der Waals surface area contributed by atoms with Gasteiger partial charge < -0.3 is 37.6 Å². The molecule has 0 aliphatic carbocycles. The Labute approximate surface area is 484 Å². The van der Waals surface area contributed by atoms with Crippen molar-refractivity contribution in [2.45, 2.75) is 119 Å². The van der Waals surface area contributed by atoms with E-state index in [4.69, 9.17) is 74.7 Å². The van der Waals surface area contributed by atoms with Crippen LogP contribution in [0.5, 0.6) is 0 Å². The van der Waals surface area contributed by atoms with Crippen molar-refractivity contribution in [2.75, 3.05) is 40.4 Å². The van der Waals surface area contributed by atoms with Gasteiger partial charge in [-0.2, -0.15) is 17.0 Å². The maximum Gasteiger partial charge on any atom is 0.410 e. The Hall–Kier alpha value is -5.55. The van der Waals surface area contributed by atoms with Crippen LogP contribution < -0.4 is 0 Å². The summed E-state index contributed by atoms with van der Waals surface area (Å²) in [4.78, 5) is 74.1.